The summed E-state index contributed by atoms with van der Waals surface area (Å²) in [5.41, 5.74) is 1.04. The first-order valence-electron chi connectivity index (χ1n) is 14.0. The van der Waals surface area contributed by atoms with Gasteiger partial charge in [-0.05, 0) is 41.0 Å². The molecule has 2 amide bonds. The molecule has 0 radical (unpaired) electrons. The number of hydrogen-bond donors (Lipinski definition) is 1. The van der Waals surface area contributed by atoms with Crippen LogP contribution in [-0.2, 0) is 32.6 Å². The predicted molar refractivity (Wildman–Crippen MR) is 163 cm³/mol. The quantitative estimate of drug-likeness (QED) is 0.219. The van der Waals surface area contributed by atoms with E-state index in [4.69, 9.17) is 0 Å². The van der Waals surface area contributed by atoms with Crippen molar-refractivity contribution in [2.24, 2.45) is 0 Å². The van der Waals surface area contributed by atoms with Crippen LogP contribution in [0.1, 0.15) is 30.9 Å². The van der Waals surface area contributed by atoms with E-state index < -0.39 is 34.3 Å². The molecular weight excluding hydrogens is 553 g/mol. The van der Waals surface area contributed by atoms with E-state index in [0.29, 0.717) is 6.54 Å². The van der Waals surface area contributed by atoms with E-state index in [9.17, 15) is 22.4 Å². The number of nitrogens with zero attached hydrogens (tertiary/aromatic N) is 2. The van der Waals surface area contributed by atoms with Crippen LogP contribution in [0.25, 0.3) is 10.8 Å². The Morgan fingerprint density at radius 1 is 0.881 bits per heavy atom. The fraction of sp³-hybridized carbons (Fsp3) is 0.273. The number of halogens is 1. The summed E-state index contributed by atoms with van der Waals surface area (Å²) in [7, 11) is -2.72. The third kappa shape index (κ3) is 7.60. The molecule has 1 unspecified atom stereocenters. The summed E-state index contributed by atoms with van der Waals surface area (Å²) in [6, 6.07) is 26.5. The van der Waals surface area contributed by atoms with Crippen LogP contribution in [0, 0.1) is 5.82 Å². The van der Waals surface area contributed by atoms with Crippen molar-refractivity contribution in [2.45, 2.75) is 43.7 Å². The second kappa shape index (κ2) is 14.2. The van der Waals surface area contributed by atoms with Crippen LogP contribution in [0.2, 0.25) is 0 Å². The molecule has 0 saturated carbocycles. The van der Waals surface area contributed by atoms with Gasteiger partial charge in [0, 0.05) is 32.1 Å². The van der Waals surface area contributed by atoms with Crippen LogP contribution in [0.4, 0.5) is 4.39 Å². The van der Waals surface area contributed by atoms with Gasteiger partial charge in [0.1, 0.15) is 11.9 Å². The van der Waals surface area contributed by atoms with E-state index in [-0.39, 0.29) is 29.3 Å². The van der Waals surface area contributed by atoms with Crippen LogP contribution in [-0.4, -0.2) is 55.6 Å². The minimum Gasteiger partial charge on any atom is -0.354 e. The summed E-state index contributed by atoms with van der Waals surface area (Å²) in [6.45, 7) is 1.71. The molecule has 0 aliphatic carbocycles. The molecule has 4 aromatic rings. The summed E-state index contributed by atoms with van der Waals surface area (Å²) < 4.78 is 42.8. The van der Waals surface area contributed by atoms with E-state index in [0.717, 1.165) is 33.5 Å². The number of carbonyl (C=O) groups excluding carboxylic acids is 2. The van der Waals surface area contributed by atoms with Gasteiger partial charge in [0.25, 0.3) is 0 Å². The Kier molecular flexibility index (Phi) is 10.4. The first kappa shape index (κ1) is 30.9. The zero-order valence-electron chi connectivity index (χ0n) is 23.9. The number of rotatable bonds is 13. The van der Waals surface area contributed by atoms with Crippen molar-refractivity contribution >= 4 is 32.6 Å². The molecule has 220 valence electrons. The number of carbonyl (C=O) groups is 2. The number of likely N-dealkylation sites (N-methyl/N-ethyl adjacent to an activating group) is 1. The molecule has 7 nitrogen and oxygen atoms in total. The molecule has 0 bridgehead atoms. The first-order chi connectivity index (χ1) is 20.2. The highest BCUT2D eigenvalue weighted by molar-refractivity contribution is 7.89. The second-order valence-electron chi connectivity index (χ2n) is 10.2. The van der Waals surface area contributed by atoms with Gasteiger partial charge in [-0.1, -0.05) is 92.2 Å². The molecular formula is C33H36FN3O4S. The van der Waals surface area contributed by atoms with E-state index in [1.807, 2.05) is 61.5 Å². The second-order valence-corrected chi connectivity index (χ2v) is 12.3. The smallest absolute Gasteiger partial charge is 0.243 e. The monoisotopic (exact) mass is 589 g/mol. The van der Waals surface area contributed by atoms with Crippen molar-refractivity contribution in [3.8, 4) is 0 Å². The Morgan fingerprint density at radius 2 is 1.55 bits per heavy atom. The van der Waals surface area contributed by atoms with Gasteiger partial charge in [-0.25, -0.2) is 12.8 Å². The lowest BCUT2D eigenvalue weighted by atomic mass is 10.0. The molecule has 9 heteroatoms. The number of sulfonamides is 1. The Bertz CT molecular complexity index is 1630. The summed E-state index contributed by atoms with van der Waals surface area (Å²) in [6.07, 6.45) is 1.82. The average Bonchev–Trinajstić information content (AvgIpc) is 3.00. The fourth-order valence-corrected chi connectivity index (χ4v) is 5.90. The molecule has 0 heterocycles. The molecule has 0 fully saturated rings. The molecule has 4 rings (SSSR count). The Balaban J connectivity index is 1.66. The highest BCUT2D eigenvalue weighted by atomic mass is 32.2. The zero-order chi connectivity index (χ0) is 30.1. The third-order valence-electron chi connectivity index (χ3n) is 7.19. The molecule has 42 heavy (non-hydrogen) atoms. The lowest BCUT2D eigenvalue weighted by molar-refractivity contribution is -0.141. The van der Waals surface area contributed by atoms with Gasteiger partial charge in [0.15, 0.2) is 0 Å². The van der Waals surface area contributed by atoms with E-state index in [1.54, 1.807) is 30.3 Å². The molecule has 0 saturated heterocycles. The molecule has 4 aromatic carbocycles. The summed E-state index contributed by atoms with van der Waals surface area (Å²) in [4.78, 5) is 28.8. The van der Waals surface area contributed by atoms with Gasteiger partial charge < -0.3 is 10.2 Å². The van der Waals surface area contributed by atoms with Crippen molar-refractivity contribution in [1.82, 2.24) is 14.5 Å². The fourth-order valence-electron chi connectivity index (χ4n) is 4.74. The molecule has 0 spiro atoms. The number of nitrogens with one attached hydrogen (secondary N) is 1. The standard InChI is InChI=1S/C33H36FN3O4S/c1-3-4-20-35-33(39)31(21-25-12-6-5-7-13-25)37(23-28-16-10-11-17-30(28)34)32(38)24-36(2)42(40,41)29-19-18-26-14-8-9-15-27(26)22-29/h5-19,22,31H,3-4,20-21,23-24H2,1-2H3,(H,35,39). The number of benzene rings is 4. The highest BCUT2D eigenvalue weighted by Crippen LogP contribution is 2.22. The lowest BCUT2D eigenvalue weighted by Gasteiger charge is -2.32. The van der Waals surface area contributed by atoms with Crippen LogP contribution in [0.15, 0.2) is 102 Å². The van der Waals surface area contributed by atoms with Gasteiger partial charge in [0.2, 0.25) is 21.8 Å². The molecule has 1 atom stereocenters. The average molecular weight is 590 g/mol. The van der Waals surface area contributed by atoms with Crippen LogP contribution >= 0.6 is 0 Å². The molecule has 0 aromatic heterocycles. The van der Waals surface area contributed by atoms with Gasteiger partial charge in [0.05, 0.1) is 11.4 Å². The number of hydrogen-bond acceptors (Lipinski definition) is 4. The van der Waals surface area contributed by atoms with E-state index in [1.165, 1.54) is 24.1 Å². The summed E-state index contributed by atoms with van der Waals surface area (Å²) in [5.74, 6) is -1.51. The van der Waals surface area contributed by atoms with Crippen molar-refractivity contribution < 1.29 is 22.4 Å². The molecule has 0 aliphatic rings. The molecule has 1 N–H and O–H groups in total. The minimum absolute atomic E-state index is 0.0512. The first-order valence-corrected chi connectivity index (χ1v) is 15.4. The van der Waals surface area contributed by atoms with Crippen molar-refractivity contribution in [3.05, 3.63) is 114 Å². The Hall–Kier alpha value is -4.08. The van der Waals surface area contributed by atoms with E-state index >= 15 is 0 Å². The number of unbranched alkanes of at least 4 members (excludes halogenated alkanes) is 1. The maximum absolute atomic E-state index is 14.8. The van der Waals surface area contributed by atoms with E-state index in [2.05, 4.69) is 5.32 Å². The van der Waals surface area contributed by atoms with Crippen molar-refractivity contribution in [1.29, 1.82) is 0 Å². The van der Waals surface area contributed by atoms with Crippen LogP contribution in [0.5, 0.6) is 0 Å². The maximum atomic E-state index is 14.8. The predicted octanol–water partition coefficient (Wildman–Crippen LogP) is 5.16. The maximum Gasteiger partial charge on any atom is 0.243 e. The Labute approximate surface area is 247 Å². The lowest BCUT2D eigenvalue weighted by Crippen LogP contribution is -2.53. The van der Waals surface area contributed by atoms with Crippen molar-refractivity contribution in [2.75, 3.05) is 20.1 Å². The number of amides is 2. The van der Waals surface area contributed by atoms with Gasteiger partial charge in [-0.2, -0.15) is 4.31 Å². The zero-order valence-corrected chi connectivity index (χ0v) is 24.7. The SMILES string of the molecule is CCCCNC(=O)C(Cc1ccccc1)N(Cc1ccccc1F)C(=O)CN(C)S(=O)(=O)c1ccc2ccccc2c1. The largest absolute Gasteiger partial charge is 0.354 e. The Morgan fingerprint density at radius 3 is 2.26 bits per heavy atom. The summed E-state index contributed by atoms with van der Waals surface area (Å²) >= 11 is 0. The summed E-state index contributed by atoms with van der Waals surface area (Å²) in [5, 5.41) is 4.56. The normalized spacial score (nSPS) is 12.3. The molecule has 0 aliphatic heterocycles. The van der Waals surface area contributed by atoms with Gasteiger partial charge in [-0.3, -0.25) is 9.59 Å². The number of fused-ring (bicyclic) bond motifs is 1. The highest BCUT2D eigenvalue weighted by Gasteiger charge is 2.33. The van der Waals surface area contributed by atoms with Crippen LogP contribution < -0.4 is 5.32 Å². The van der Waals surface area contributed by atoms with Crippen LogP contribution in [0.3, 0.4) is 0 Å². The third-order valence-corrected chi connectivity index (χ3v) is 8.99. The van der Waals surface area contributed by atoms with Crippen molar-refractivity contribution in [3.63, 3.8) is 0 Å². The van der Waals surface area contributed by atoms with Gasteiger partial charge in [-0.15, -0.1) is 0 Å². The minimum atomic E-state index is -4.05. The topological polar surface area (TPSA) is 86.8 Å². The van der Waals surface area contributed by atoms with Gasteiger partial charge >= 0.3 is 0 Å².